The van der Waals surface area contributed by atoms with Gasteiger partial charge < -0.3 is 15.0 Å². The van der Waals surface area contributed by atoms with Crippen molar-refractivity contribution in [1.82, 2.24) is 20.2 Å². The van der Waals surface area contributed by atoms with Crippen LogP contribution in [-0.4, -0.2) is 66.9 Å². The number of nitrogens with one attached hydrogen (secondary N) is 2. The zero-order valence-electron chi connectivity index (χ0n) is 16.0. The topological polar surface area (TPSA) is 104 Å². The molecule has 152 valence electrons. The van der Waals surface area contributed by atoms with Crippen LogP contribution in [0, 0.1) is 5.92 Å². The van der Waals surface area contributed by atoms with Crippen molar-refractivity contribution in [3.63, 3.8) is 0 Å². The standard InChI is InChI=1S/C19H26N4O4S/c1-27-15-2-3-16-17(10-15)22-18(21-16)11-20-19(24)13-4-7-23(8-5-13)14-6-9-28(25,26)12-14/h2-3,10,13-14H,4-9,11-12H2,1H3,(H,20,24)(H,21,22). The molecule has 2 N–H and O–H groups in total. The number of rotatable bonds is 5. The van der Waals surface area contributed by atoms with E-state index in [2.05, 4.69) is 20.2 Å². The third kappa shape index (κ3) is 4.15. The van der Waals surface area contributed by atoms with Crippen LogP contribution in [0.1, 0.15) is 25.1 Å². The number of hydrogen-bond donors (Lipinski definition) is 2. The van der Waals surface area contributed by atoms with Crippen LogP contribution < -0.4 is 10.1 Å². The maximum absolute atomic E-state index is 12.5. The normalized spacial score (nSPS) is 23.1. The lowest BCUT2D eigenvalue weighted by molar-refractivity contribution is -0.126. The number of piperidine rings is 1. The molecule has 2 saturated heterocycles. The number of amides is 1. The number of sulfone groups is 1. The highest BCUT2D eigenvalue weighted by molar-refractivity contribution is 7.91. The summed E-state index contributed by atoms with van der Waals surface area (Å²) < 4.78 is 28.6. The highest BCUT2D eigenvalue weighted by Gasteiger charge is 2.35. The Morgan fingerprint density at radius 2 is 2.11 bits per heavy atom. The SMILES string of the molecule is COc1ccc2nc(CNC(=O)C3CCN(C4CCS(=O)(=O)C4)CC3)[nH]c2c1. The van der Waals surface area contributed by atoms with Crippen molar-refractivity contribution in [3.05, 3.63) is 24.0 Å². The summed E-state index contributed by atoms with van der Waals surface area (Å²) in [5.41, 5.74) is 1.72. The van der Waals surface area contributed by atoms with E-state index in [0.717, 1.165) is 49.1 Å². The Bertz CT molecular complexity index is 963. The number of benzene rings is 1. The maximum atomic E-state index is 12.5. The van der Waals surface area contributed by atoms with Gasteiger partial charge in [-0.05, 0) is 44.5 Å². The molecule has 2 fully saturated rings. The molecule has 28 heavy (non-hydrogen) atoms. The fraction of sp³-hybridized carbons (Fsp3) is 0.579. The van der Waals surface area contributed by atoms with E-state index in [4.69, 9.17) is 4.74 Å². The molecule has 2 aromatic rings. The monoisotopic (exact) mass is 406 g/mol. The number of aromatic amines is 1. The fourth-order valence-electron chi connectivity index (χ4n) is 4.16. The number of aromatic nitrogens is 2. The summed E-state index contributed by atoms with van der Waals surface area (Å²) in [7, 11) is -1.25. The van der Waals surface area contributed by atoms with Gasteiger partial charge in [0.2, 0.25) is 5.91 Å². The predicted octanol–water partition coefficient (Wildman–Crippen LogP) is 1.09. The van der Waals surface area contributed by atoms with E-state index in [-0.39, 0.29) is 23.6 Å². The van der Waals surface area contributed by atoms with E-state index < -0.39 is 9.84 Å². The van der Waals surface area contributed by atoms with Gasteiger partial charge in [-0.2, -0.15) is 0 Å². The van der Waals surface area contributed by atoms with Crippen LogP contribution in [0.15, 0.2) is 18.2 Å². The second-order valence-electron chi connectivity index (χ2n) is 7.65. The molecule has 4 rings (SSSR count). The van der Waals surface area contributed by atoms with Crippen molar-refractivity contribution in [2.24, 2.45) is 5.92 Å². The van der Waals surface area contributed by atoms with Crippen LogP contribution in [0.3, 0.4) is 0 Å². The average Bonchev–Trinajstić information content (AvgIpc) is 3.27. The molecule has 0 spiro atoms. The second-order valence-corrected chi connectivity index (χ2v) is 9.88. The molecule has 1 aromatic carbocycles. The summed E-state index contributed by atoms with van der Waals surface area (Å²) in [6.07, 6.45) is 2.25. The minimum atomic E-state index is -2.87. The summed E-state index contributed by atoms with van der Waals surface area (Å²) in [5.74, 6) is 2.04. The number of carbonyl (C=O) groups is 1. The number of hydrogen-bond acceptors (Lipinski definition) is 6. The molecule has 1 atom stereocenters. The molecule has 3 heterocycles. The summed E-state index contributed by atoms with van der Waals surface area (Å²) in [6, 6.07) is 5.75. The molecule has 8 nitrogen and oxygen atoms in total. The van der Waals surface area contributed by atoms with Crippen molar-refractivity contribution < 1.29 is 17.9 Å². The Morgan fingerprint density at radius 3 is 2.79 bits per heavy atom. The van der Waals surface area contributed by atoms with Crippen molar-refractivity contribution in [3.8, 4) is 5.75 Å². The number of carbonyl (C=O) groups excluding carboxylic acids is 1. The highest BCUT2D eigenvalue weighted by Crippen LogP contribution is 2.25. The van der Waals surface area contributed by atoms with Gasteiger partial charge in [-0.1, -0.05) is 0 Å². The van der Waals surface area contributed by atoms with E-state index in [9.17, 15) is 13.2 Å². The van der Waals surface area contributed by atoms with Gasteiger partial charge in [-0.25, -0.2) is 13.4 Å². The summed E-state index contributed by atoms with van der Waals surface area (Å²) in [6.45, 7) is 1.92. The molecule has 1 unspecified atom stereocenters. The zero-order valence-corrected chi connectivity index (χ0v) is 16.8. The van der Waals surface area contributed by atoms with Crippen molar-refractivity contribution in [2.45, 2.75) is 31.8 Å². The van der Waals surface area contributed by atoms with Gasteiger partial charge in [0.15, 0.2) is 9.84 Å². The van der Waals surface area contributed by atoms with Gasteiger partial charge in [0.25, 0.3) is 0 Å². The minimum Gasteiger partial charge on any atom is -0.497 e. The average molecular weight is 407 g/mol. The number of likely N-dealkylation sites (tertiary alicyclic amines) is 1. The van der Waals surface area contributed by atoms with Crippen LogP contribution in [0.2, 0.25) is 0 Å². The fourth-order valence-corrected chi connectivity index (χ4v) is 5.92. The maximum Gasteiger partial charge on any atom is 0.223 e. The van der Waals surface area contributed by atoms with Crippen LogP contribution >= 0.6 is 0 Å². The first-order valence-electron chi connectivity index (χ1n) is 9.68. The first-order chi connectivity index (χ1) is 13.4. The lowest BCUT2D eigenvalue weighted by Gasteiger charge is -2.34. The summed E-state index contributed by atoms with van der Waals surface area (Å²) in [4.78, 5) is 22.5. The minimum absolute atomic E-state index is 0.0290. The molecule has 0 aliphatic carbocycles. The molecule has 9 heteroatoms. The molecular formula is C19H26N4O4S. The number of ether oxygens (including phenoxy) is 1. The molecule has 1 aromatic heterocycles. The van der Waals surface area contributed by atoms with Gasteiger partial charge in [0, 0.05) is 18.0 Å². The largest absolute Gasteiger partial charge is 0.497 e. The lowest BCUT2D eigenvalue weighted by Crippen LogP contribution is -2.45. The highest BCUT2D eigenvalue weighted by atomic mass is 32.2. The van der Waals surface area contributed by atoms with Gasteiger partial charge in [0.05, 0.1) is 36.2 Å². The quantitative estimate of drug-likeness (QED) is 0.770. The van der Waals surface area contributed by atoms with Gasteiger partial charge in [0.1, 0.15) is 11.6 Å². The first-order valence-corrected chi connectivity index (χ1v) is 11.5. The van der Waals surface area contributed by atoms with E-state index in [0.29, 0.717) is 18.1 Å². The predicted molar refractivity (Wildman–Crippen MR) is 106 cm³/mol. The zero-order chi connectivity index (χ0) is 19.7. The van der Waals surface area contributed by atoms with Crippen LogP contribution in [-0.2, 0) is 21.2 Å². The third-order valence-corrected chi connectivity index (χ3v) is 7.54. The van der Waals surface area contributed by atoms with Crippen molar-refractivity contribution in [2.75, 3.05) is 31.7 Å². The Kier molecular flexibility index (Phi) is 5.29. The van der Waals surface area contributed by atoms with Crippen molar-refractivity contribution in [1.29, 1.82) is 0 Å². The number of methoxy groups -OCH3 is 1. The summed E-state index contributed by atoms with van der Waals surface area (Å²) >= 11 is 0. The number of imidazole rings is 1. The Labute approximate surface area is 164 Å². The van der Waals surface area contributed by atoms with Gasteiger partial charge in [-0.15, -0.1) is 0 Å². The number of fused-ring (bicyclic) bond motifs is 1. The molecule has 2 aliphatic rings. The van der Waals surface area contributed by atoms with E-state index in [1.807, 2.05) is 18.2 Å². The number of H-pyrrole nitrogens is 1. The molecule has 0 saturated carbocycles. The van der Waals surface area contributed by atoms with Crippen LogP contribution in [0.4, 0.5) is 0 Å². The molecule has 2 aliphatic heterocycles. The van der Waals surface area contributed by atoms with E-state index in [1.165, 1.54) is 0 Å². The lowest BCUT2D eigenvalue weighted by atomic mass is 9.94. The van der Waals surface area contributed by atoms with Crippen LogP contribution in [0.25, 0.3) is 11.0 Å². The molecule has 0 bridgehead atoms. The smallest absolute Gasteiger partial charge is 0.223 e. The van der Waals surface area contributed by atoms with E-state index >= 15 is 0 Å². The van der Waals surface area contributed by atoms with Gasteiger partial charge in [-0.3, -0.25) is 9.69 Å². The molecule has 1 amide bonds. The third-order valence-electron chi connectivity index (χ3n) is 5.79. The second kappa shape index (κ2) is 7.71. The Morgan fingerprint density at radius 1 is 1.32 bits per heavy atom. The van der Waals surface area contributed by atoms with Crippen LogP contribution in [0.5, 0.6) is 5.75 Å². The summed E-state index contributed by atoms with van der Waals surface area (Å²) in [5, 5.41) is 2.98. The van der Waals surface area contributed by atoms with Crippen molar-refractivity contribution >= 4 is 26.8 Å². The molecule has 0 radical (unpaired) electrons. The number of nitrogens with zero attached hydrogens (tertiary/aromatic N) is 2. The Balaban J connectivity index is 1.28. The van der Waals surface area contributed by atoms with E-state index in [1.54, 1.807) is 7.11 Å². The Hall–Kier alpha value is -2.13. The van der Waals surface area contributed by atoms with Gasteiger partial charge >= 0.3 is 0 Å². The molecular weight excluding hydrogens is 380 g/mol. The first kappa shape index (κ1) is 19.2.